The van der Waals surface area contributed by atoms with Crippen LogP contribution >= 0.6 is 0 Å². The Hall–Kier alpha value is -10.2. The Morgan fingerprint density at radius 3 is 1.34 bits per heavy atom. The van der Waals surface area contributed by atoms with Crippen LogP contribution < -0.4 is 0 Å². The van der Waals surface area contributed by atoms with Crippen LogP contribution in [-0.2, 0) is 27.2 Å². The van der Waals surface area contributed by atoms with Crippen LogP contribution in [-0.4, -0.2) is 184 Å². The molecule has 0 radical (unpaired) electrons. The van der Waals surface area contributed by atoms with Crippen LogP contribution in [0.2, 0.25) is 0 Å². The smallest absolute Gasteiger partial charge is 0.342 e. The molecule has 0 bridgehead atoms. The molecule has 3 N–H and O–H groups in total. The molecule has 0 aliphatic carbocycles. The van der Waals surface area contributed by atoms with E-state index in [1.54, 1.807) is 60.1 Å². The predicted molar refractivity (Wildman–Crippen MR) is 401 cm³/mol. The zero-order valence-corrected chi connectivity index (χ0v) is 60.2. The molecule has 3 aliphatic heterocycles. The Morgan fingerprint density at radius 2 is 0.846 bits per heavy atom. The van der Waals surface area contributed by atoms with Crippen molar-refractivity contribution in [2.75, 3.05) is 105 Å². The summed E-state index contributed by atoms with van der Waals surface area (Å²) in [7, 11) is 2.12. The van der Waals surface area contributed by atoms with Gasteiger partial charge >= 0.3 is 17.9 Å². The molecule has 4 unspecified atom stereocenters. The highest BCUT2D eigenvalue weighted by atomic mass is 16.5. The number of aryl methyl sites for hydroxylation is 3. The number of rotatable bonds is 20. The fraction of sp³-hybridized carbons (Fsp3) is 0.345. The van der Waals surface area contributed by atoms with Gasteiger partial charge in [0.1, 0.15) is 68.0 Å². The van der Waals surface area contributed by atoms with Crippen molar-refractivity contribution in [3.8, 4) is 17.2 Å². The monoisotopic (exact) mass is 1400 g/mol. The summed E-state index contributed by atoms with van der Waals surface area (Å²) in [4.78, 5) is 65.5. The van der Waals surface area contributed by atoms with E-state index < -0.39 is 36.0 Å². The molecule has 3 fully saturated rings. The Labute approximate surface area is 603 Å². The molecule has 104 heavy (non-hydrogen) atoms. The number of aromatic hydroxyl groups is 3. The van der Waals surface area contributed by atoms with Crippen molar-refractivity contribution in [1.82, 2.24) is 39.4 Å². The van der Waals surface area contributed by atoms with Gasteiger partial charge in [-0.15, -0.1) is 0 Å². The van der Waals surface area contributed by atoms with E-state index in [-0.39, 0.29) is 48.7 Å². The summed E-state index contributed by atoms with van der Waals surface area (Å²) in [5.41, 5.74) is 8.87. The van der Waals surface area contributed by atoms with Crippen LogP contribution in [0.1, 0.15) is 139 Å². The van der Waals surface area contributed by atoms with E-state index in [9.17, 15) is 29.7 Å². The summed E-state index contributed by atoms with van der Waals surface area (Å²) in [5.74, 6) is -0.101. The molecule has 5 aromatic heterocycles. The maximum Gasteiger partial charge on any atom is 0.342 e. The molecular weight excluding hydrogens is 1310 g/mol. The van der Waals surface area contributed by atoms with Gasteiger partial charge in [0.2, 0.25) is 0 Å². The van der Waals surface area contributed by atoms with Crippen LogP contribution in [0.25, 0.3) is 65.2 Å². The summed E-state index contributed by atoms with van der Waals surface area (Å²) >= 11 is 0. The first-order valence-electron chi connectivity index (χ1n) is 36.4. The highest BCUT2D eigenvalue weighted by Gasteiger charge is 2.40. The van der Waals surface area contributed by atoms with Gasteiger partial charge in [-0.1, -0.05) is 84.9 Å². The van der Waals surface area contributed by atoms with E-state index in [0.717, 1.165) is 54.0 Å². The lowest BCUT2D eigenvalue weighted by molar-refractivity contribution is 0.0516. The van der Waals surface area contributed by atoms with Gasteiger partial charge in [0.05, 0.1) is 37.9 Å². The van der Waals surface area contributed by atoms with Gasteiger partial charge in [0.15, 0.2) is 0 Å². The molecule has 8 heterocycles. The minimum atomic E-state index is -0.591. The van der Waals surface area contributed by atoms with Crippen molar-refractivity contribution >= 4 is 83.1 Å². The fourth-order valence-corrected chi connectivity index (χ4v) is 16.8. The lowest BCUT2D eigenvalue weighted by Gasteiger charge is -2.42. The lowest BCUT2D eigenvalue weighted by Crippen LogP contribution is -2.51. The zero-order chi connectivity index (χ0) is 72.2. The first-order chi connectivity index (χ1) is 50.5. The largest absolute Gasteiger partial charge is 0.507 e. The molecule has 20 nitrogen and oxygen atoms in total. The lowest BCUT2D eigenvalue weighted by atomic mass is 9.88. The number of hydrogen-bond donors (Lipinski definition) is 3. The summed E-state index contributed by atoms with van der Waals surface area (Å²) in [6, 6.07) is 36.5. The number of esters is 3. The highest BCUT2D eigenvalue weighted by Crippen LogP contribution is 2.52. The van der Waals surface area contributed by atoms with Crippen LogP contribution in [0.3, 0.4) is 0 Å². The van der Waals surface area contributed by atoms with Gasteiger partial charge in [-0.05, 0) is 120 Å². The first-order valence-corrected chi connectivity index (χ1v) is 36.4. The Kier molecular flexibility index (Phi) is 19.5. The first kappa shape index (κ1) is 69.5. The van der Waals surface area contributed by atoms with Crippen LogP contribution in [0.5, 0.6) is 17.2 Å². The van der Waals surface area contributed by atoms with Crippen molar-refractivity contribution in [3.63, 3.8) is 0 Å². The second kappa shape index (κ2) is 29.2. The molecule has 4 atom stereocenters. The number of ether oxygens (including phenoxy) is 3. The minimum absolute atomic E-state index is 0.0399. The van der Waals surface area contributed by atoms with E-state index in [1.165, 1.54) is 0 Å². The van der Waals surface area contributed by atoms with Crippen molar-refractivity contribution in [2.45, 2.75) is 85.6 Å². The molecule has 15 rings (SSSR count). The minimum Gasteiger partial charge on any atom is -0.507 e. The predicted octanol–water partition coefficient (Wildman–Crippen LogP) is 14.3. The van der Waals surface area contributed by atoms with Gasteiger partial charge in [-0.2, -0.15) is 0 Å². The summed E-state index contributed by atoms with van der Waals surface area (Å²) in [6.45, 7) is 22.2. The molecule has 0 spiro atoms. The topological polar surface area (TPSA) is 224 Å². The molecule has 20 heteroatoms. The van der Waals surface area contributed by atoms with Crippen molar-refractivity contribution in [2.24, 2.45) is 0 Å². The number of nitrogens with zero attached hydrogens (tertiary/aromatic N) is 8. The van der Waals surface area contributed by atoms with Crippen LogP contribution in [0.4, 0.5) is 0 Å². The molecule has 0 amide bonds. The number of carbonyl (C=O) groups is 3. The standard InChI is InChI=1S/C84H88N8O12/c1-9-99-82(96)64-50(5)102-79-59-22-16-15-21-58(59)76(93)70(67(64)79)74(56-27-30-85-31-28-56)92-42-40-89(41-43-92)49(4)44-53-23-25-60-62(45-53)77(94)72(69-66(84(98)101-11-3)52(7)103-80(60)69)75(57-20-17-29-86-47-57)91-38-34-88(35-39-91)48-54-24-26-61-63(46-54)78(95)71(68-65(83(97)100-10-2)51(6)104-81(61)68)73(55-18-13-12-14-19-55)90-36-32-87(8)33-37-90/h12-31,45-47,49,73-75,93-95H,9-11,32-44,48H2,1-8H3. The number of phenolic OH excluding ortho intramolecular Hbond substituents is 3. The van der Waals surface area contributed by atoms with Crippen molar-refractivity contribution in [3.05, 3.63) is 219 Å². The number of likely N-dealkylation sites (N-methyl/N-ethyl adjacent to an activating group) is 1. The molecule has 3 saturated heterocycles. The van der Waals surface area contributed by atoms with Crippen LogP contribution in [0.15, 0.2) is 153 Å². The zero-order valence-electron chi connectivity index (χ0n) is 60.2. The number of benzene rings is 7. The fourth-order valence-electron chi connectivity index (χ4n) is 16.8. The maximum absolute atomic E-state index is 14.3. The number of furan rings is 3. The van der Waals surface area contributed by atoms with E-state index in [0.29, 0.717) is 176 Å². The quantitative estimate of drug-likeness (QED) is 0.0476. The molecule has 3 aliphatic rings. The highest BCUT2D eigenvalue weighted by molar-refractivity contribution is 6.19. The van der Waals surface area contributed by atoms with Crippen LogP contribution in [0, 0.1) is 20.8 Å². The third kappa shape index (κ3) is 12.5. The second-order valence-corrected chi connectivity index (χ2v) is 27.9. The number of phenols is 3. The van der Waals surface area contributed by atoms with Gasteiger partial charge in [-0.3, -0.25) is 34.5 Å². The summed E-state index contributed by atoms with van der Waals surface area (Å²) < 4.78 is 36.9. The van der Waals surface area contributed by atoms with Crippen molar-refractivity contribution in [1.29, 1.82) is 0 Å². The molecule has 0 saturated carbocycles. The number of fused-ring (bicyclic) bond motifs is 9. The second-order valence-electron chi connectivity index (χ2n) is 27.9. The Balaban J connectivity index is 0.736. The number of pyridine rings is 2. The maximum atomic E-state index is 14.3. The van der Waals surface area contributed by atoms with Gasteiger partial charge in [-0.25, -0.2) is 14.4 Å². The summed E-state index contributed by atoms with van der Waals surface area (Å²) in [6.07, 6.45) is 7.72. The van der Waals surface area contributed by atoms with Gasteiger partial charge < -0.3 is 47.7 Å². The normalized spacial score (nSPS) is 16.8. The number of hydrogen-bond acceptors (Lipinski definition) is 20. The average molecular weight is 1400 g/mol. The molecule has 536 valence electrons. The molecule has 7 aromatic carbocycles. The van der Waals surface area contributed by atoms with E-state index in [2.05, 4.69) is 89.7 Å². The SMILES string of the molecule is CCOC(=O)c1c(C)oc2c1c(C(c1ccccc1)N1CCN(C)CC1)c(O)c1cc(CN3CCN(C(c4cccnc4)c4c(O)c5cc(CC(C)N6CCN(C(c7ccncc7)c7c(O)c8ccccc8c8oc(C)c(C(=O)OCC)c78)CC6)ccc5c5oc(C)c(C(=O)OCC)c45)CC3)ccc12. The van der Waals surface area contributed by atoms with Crippen molar-refractivity contribution < 1.29 is 57.2 Å². The average Bonchev–Trinajstić information content (AvgIpc) is 1.52. The van der Waals surface area contributed by atoms with E-state index in [4.69, 9.17) is 27.5 Å². The third-order valence-electron chi connectivity index (χ3n) is 21.8. The Bertz CT molecular complexity index is 5230. The molecular formula is C84H88N8O12. The number of carbonyl (C=O) groups excluding carboxylic acids is 3. The molecule has 12 aromatic rings. The van der Waals surface area contributed by atoms with Gasteiger partial charge in [0, 0.05) is 181 Å². The number of aromatic nitrogens is 2. The van der Waals surface area contributed by atoms with Gasteiger partial charge in [0.25, 0.3) is 0 Å². The Morgan fingerprint density at radius 1 is 0.442 bits per heavy atom. The third-order valence-corrected chi connectivity index (χ3v) is 21.8. The van der Waals surface area contributed by atoms with E-state index in [1.807, 2.05) is 85.1 Å². The number of piperazine rings is 3. The summed E-state index contributed by atoms with van der Waals surface area (Å²) in [5, 5.41) is 44.4. The van der Waals surface area contributed by atoms with E-state index >= 15 is 0 Å².